The first-order chi connectivity index (χ1) is 9.27. The van der Waals surface area contributed by atoms with E-state index in [1.807, 2.05) is 18.2 Å². The average Bonchev–Trinajstić information content (AvgIpc) is 2.88. The molecule has 0 spiro atoms. The van der Waals surface area contributed by atoms with Crippen molar-refractivity contribution in [1.29, 1.82) is 0 Å². The molecule has 2 aromatic rings. The number of carboxylic acids is 1. The molecule has 5 heteroatoms. The van der Waals surface area contributed by atoms with Gasteiger partial charge in [-0.2, -0.15) is 0 Å². The Morgan fingerprint density at radius 3 is 2.79 bits per heavy atom. The van der Waals surface area contributed by atoms with E-state index in [1.54, 1.807) is 17.8 Å². The maximum absolute atomic E-state index is 10.8. The van der Waals surface area contributed by atoms with Gasteiger partial charge in [-0.15, -0.1) is 11.8 Å². The molecule has 0 bridgehead atoms. The van der Waals surface area contributed by atoms with Crippen molar-refractivity contribution in [2.24, 2.45) is 0 Å². The van der Waals surface area contributed by atoms with Crippen LogP contribution in [0.25, 0.3) is 0 Å². The van der Waals surface area contributed by atoms with Gasteiger partial charge in [0.2, 0.25) is 5.76 Å². The standard InChI is InChI=1S/C14H15NO3S/c16-14(17)13-11(6-8-18-13)10-15-7-9-19-12-4-2-1-3-5-12/h1-6,8,15H,7,9-10H2,(H,16,17). The summed E-state index contributed by atoms with van der Waals surface area (Å²) < 4.78 is 4.91. The van der Waals surface area contributed by atoms with E-state index in [0.717, 1.165) is 12.3 Å². The maximum atomic E-state index is 10.8. The lowest BCUT2D eigenvalue weighted by Gasteiger charge is -2.04. The first kappa shape index (κ1) is 13.7. The van der Waals surface area contributed by atoms with Crippen LogP contribution >= 0.6 is 11.8 Å². The van der Waals surface area contributed by atoms with Gasteiger partial charge < -0.3 is 14.8 Å². The molecular weight excluding hydrogens is 262 g/mol. The maximum Gasteiger partial charge on any atom is 0.372 e. The number of hydrogen-bond donors (Lipinski definition) is 2. The molecule has 0 atom stereocenters. The summed E-state index contributed by atoms with van der Waals surface area (Å²) in [5.74, 6) is -0.0757. The minimum atomic E-state index is -1.03. The molecule has 0 saturated carbocycles. The van der Waals surface area contributed by atoms with Crippen molar-refractivity contribution in [3.63, 3.8) is 0 Å². The van der Waals surface area contributed by atoms with Crippen LogP contribution in [-0.4, -0.2) is 23.4 Å². The molecule has 1 aromatic carbocycles. The number of benzene rings is 1. The minimum absolute atomic E-state index is 0.0169. The predicted molar refractivity (Wildman–Crippen MR) is 74.5 cm³/mol. The van der Waals surface area contributed by atoms with Crippen LogP contribution in [0.1, 0.15) is 16.1 Å². The molecule has 0 unspecified atom stereocenters. The van der Waals surface area contributed by atoms with E-state index in [-0.39, 0.29) is 5.76 Å². The largest absolute Gasteiger partial charge is 0.475 e. The molecule has 0 amide bonds. The Hall–Kier alpha value is -1.72. The predicted octanol–water partition coefficient (Wildman–Crippen LogP) is 2.86. The fourth-order valence-electron chi connectivity index (χ4n) is 1.64. The fraction of sp³-hybridized carbons (Fsp3) is 0.214. The lowest BCUT2D eigenvalue weighted by Crippen LogP contribution is -2.17. The SMILES string of the molecule is O=C(O)c1occc1CNCCSc1ccccc1. The number of thioether (sulfide) groups is 1. The highest BCUT2D eigenvalue weighted by molar-refractivity contribution is 7.99. The van der Waals surface area contributed by atoms with E-state index in [9.17, 15) is 4.79 Å². The molecule has 0 radical (unpaired) electrons. The zero-order chi connectivity index (χ0) is 13.5. The van der Waals surface area contributed by atoms with Crippen LogP contribution in [0.4, 0.5) is 0 Å². The molecule has 0 aliphatic heterocycles. The zero-order valence-electron chi connectivity index (χ0n) is 10.3. The molecule has 2 rings (SSSR count). The molecular formula is C14H15NO3S. The normalized spacial score (nSPS) is 10.5. The van der Waals surface area contributed by atoms with E-state index in [0.29, 0.717) is 12.1 Å². The highest BCUT2D eigenvalue weighted by atomic mass is 32.2. The van der Waals surface area contributed by atoms with Crippen LogP contribution in [0.3, 0.4) is 0 Å². The van der Waals surface area contributed by atoms with E-state index < -0.39 is 5.97 Å². The quantitative estimate of drug-likeness (QED) is 0.602. The monoisotopic (exact) mass is 277 g/mol. The summed E-state index contributed by atoms with van der Waals surface area (Å²) in [5.41, 5.74) is 0.678. The Balaban J connectivity index is 1.70. The van der Waals surface area contributed by atoms with Gasteiger partial charge in [-0.1, -0.05) is 18.2 Å². The zero-order valence-corrected chi connectivity index (χ0v) is 11.2. The van der Waals surface area contributed by atoms with E-state index in [1.165, 1.54) is 11.2 Å². The van der Waals surface area contributed by atoms with Crippen LogP contribution in [0.5, 0.6) is 0 Å². The second-order valence-corrected chi connectivity index (χ2v) is 5.09. The van der Waals surface area contributed by atoms with Crippen molar-refractivity contribution in [2.45, 2.75) is 11.4 Å². The van der Waals surface area contributed by atoms with Gasteiger partial charge in [0.05, 0.1) is 6.26 Å². The summed E-state index contributed by atoms with van der Waals surface area (Å²) in [4.78, 5) is 12.1. The molecule has 1 aromatic heterocycles. The molecule has 4 nitrogen and oxygen atoms in total. The molecule has 1 heterocycles. The van der Waals surface area contributed by atoms with Gasteiger partial charge in [-0.25, -0.2) is 4.79 Å². The van der Waals surface area contributed by atoms with Crippen LogP contribution in [0.2, 0.25) is 0 Å². The second-order valence-electron chi connectivity index (χ2n) is 3.92. The smallest absolute Gasteiger partial charge is 0.372 e. The van der Waals surface area contributed by atoms with Crippen molar-refractivity contribution < 1.29 is 14.3 Å². The van der Waals surface area contributed by atoms with Gasteiger partial charge in [0.25, 0.3) is 0 Å². The summed E-state index contributed by atoms with van der Waals surface area (Å²) >= 11 is 1.77. The van der Waals surface area contributed by atoms with Crippen molar-refractivity contribution in [3.05, 3.63) is 54.0 Å². The van der Waals surface area contributed by atoms with Gasteiger partial charge in [-0.3, -0.25) is 0 Å². The van der Waals surface area contributed by atoms with Gasteiger partial charge in [0.15, 0.2) is 0 Å². The molecule has 2 N–H and O–H groups in total. The molecule has 0 aliphatic rings. The van der Waals surface area contributed by atoms with Crippen molar-refractivity contribution in [3.8, 4) is 0 Å². The second kappa shape index (κ2) is 7.01. The van der Waals surface area contributed by atoms with Crippen LogP contribution in [0.15, 0.2) is 52.0 Å². The third-order valence-corrected chi connectivity index (χ3v) is 3.56. The van der Waals surface area contributed by atoms with Crippen molar-refractivity contribution in [1.82, 2.24) is 5.32 Å². The van der Waals surface area contributed by atoms with Crippen LogP contribution in [0, 0.1) is 0 Å². The first-order valence-electron chi connectivity index (χ1n) is 5.95. The minimum Gasteiger partial charge on any atom is -0.475 e. The molecule has 19 heavy (non-hydrogen) atoms. The molecule has 100 valence electrons. The van der Waals surface area contributed by atoms with E-state index >= 15 is 0 Å². The van der Waals surface area contributed by atoms with E-state index in [2.05, 4.69) is 17.4 Å². The number of nitrogens with one attached hydrogen (secondary N) is 1. The van der Waals surface area contributed by atoms with Gasteiger partial charge in [-0.05, 0) is 18.2 Å². The van der Waals surface area contributed by atoms with Gasteiger partial charge >= 0.3 is 5.97 Å². The number of carbonyl (C=O) groups is 1. The Kier molecular flexibility index (Phi) is 5.06. The third-order valence-electron chi connectivity index (χ3n) is 2.55. The number of aromatic carboxylic acids is 1. The van der Waals surface area contributed by atoms with Crippen molar-refractivity contribution in [2.75, 3.05) is 12.3 Å². The summed E-state index contributed by atoms with van der Waals surface area (Å²) in [6, 6.07) is 11.8. The van der Waals surface area contributed by atoms with Crippen LogP contribution in [-0.2, 0) is 6.54 Å². The Labute approximate surface area is 115 Å². The lowest BCUT2D eigenvalue weighted by molar-refractivity contribution is 0.0660. The average molecular weight is 277 g/mol. The molecule has 0 aliphatic carbocycles. The number of rotatable bonds is 7. The Morgan fingerprint density at radius 1 is 1.26 bits per heavy atom. The van der Waals surface area contributed by atoms with Gasteiger partial charge in [0, 0.05) is 29.3 Å². The number of hydrogen-bond acceptors (Lipinski definition) is 4. The number of furan rings is 1. The van der Waals surface area contributed by atoms with Gasteiger partial charge in [0.1, 0.15) is 0 Å². The third kappa shape index (κ3) is 4.15. The highest BCUT2D eigenvalue weighted by Gasteiger charge is 2.12. The van der Waals surface area contributed by atoms with E-state index in [4.69, 9.17) is 9.52 Å². The summed E-state index contributed by atoms with van der Waals surface area (Å²) in [6.07, 6.45) is 1.40. The molecule has 0 fully saturated rings. The van der Waals surface area contributed by atoms with Crippen molar-refractivity contribution >= 4 is 17.7 Å². The summed E-state index contributed by atoms with van der Waals surface area (Å²) in [7, 11) is 0. The summed E-state index contributed by atoms with van der Waals surface area (Å²) in [6.45, 7) is 1.32. The number of carboxylic acid groups (broad SMARTS) is 1. The first-order valence-corrected chi connectivity index (χ1v) is 6.94. The highest BCUT2D eigenvalue weighted by Crippen LogP contribution is 2.16. The lowest BCUT2D eigenvalue weighted by atomic mass is 10.2. The fourth-order valence-corrected chi connectivity index (χ4v) is 2.48. The van der Waals surface area contributed by atoms with Crippen LogP contribution < -0.4 is 5.32 Å². The molecule has 0 saturated heterocycles. The topological polar surface area (TPSA) is 62.5 Å². The Morgan fingerprint density at radius 2 is 2.05 bits per heavy atom. The summed E-state index contributed by atoms with van der Waals surface area (Å²) in [5, 5.41) is 12.1. The Bertz CT molecular complexity index is 524.